The lowest BCUT2D eigenvalue weighted by atomic mass is 9.61. The molecule has 1 heterocycles. The van der Waals surface area contributed by atoms with Crippen molar-refractivity contribution in [2.75, 3.05) is 26.7 Å². The number of amides is 2. The highest BCUT2D eigenvalue weighted by Gasteiger charge is 2.51. The lowest BCUT2D eigenvalue weighted by Gasteiger charge is -2.43. The number of nitrogens with zero attached hydrogens (tertiary/aromatic N) is 2. The fraction of sp³-hybridized carbons (Fsp3) is 0.600. The van der Waals surface area contributed by atoms with Crippen molar-refractivity contribution in [3.63, 3.8) is 0 Å². The van der Waals surface area contributed by atoms with Crippen LogP contribution in [-0.2, 0) is 9.59 Å². The summed E-state index contributed by atoms with van der Waals surface area (Å²) in [7, 11) is 1.79. The first-order valence-corrected chi connectivity index (χ1v) is 9.06. The Morgan fingerprint density at radius 1 is 1.25 bits per heavy atom. The summed E-state index contributed by atoms with van der Waals surface area (Å²) in [6.07, 6.45) is 5.05. The van der Waals surface area contributed by atoms with Gasteiger partial charge in [0.2, 0.25) is 11.8 Å². The fourth-order valence-electron chi connectivity index (χ4n) is 4.22. The van der Waals surface area contributed by atoms with Gasteiger partial charge in [-0.1, -0.05) is 36.8 Å². The molecule has 130 valence electrons. The van der Waals surface area contributed by atoms with Crippen LogP contribution in [0.1, 0.15) is 50.5 Å². The molecule has 1 saturated carbocycles. The number of hydrogen-bond donors (Lipinski definition) is 0. The van der Waals surface area contributed by atoms with Gasteiger partial charge in [-0.3, -0.25) is 9.59 Å². The van der Waals surface area contributed by atoms with E-state index in [2.05, 4.69) is 35.2 Å². The Labute approximate surface area is 144 Å². The third kappa shape index (κ3) is 3.33. The highest BCUT2D eigenvalue weighted by Crippen LogP contribution is 2.55. The smallest absolute Gasteiger partial charge is 0.222 e. The van der Waals surface area contributed by atoms with Crippen molar-refractivity contribution in [3.05, 3.63) is 35.9 Å². The Bertz CT molecular complexity index is 595. The van der Waals surface area contributed by atoms with Crippen molar-refractivity contribution < 1.29 is 9.59 Å². The first-order chi connectivity index (χ1) is 11.5. The number of hydrogen-bond acceptors (Lipinski definition) is 2. The van der Waals surface area contributed by atoms with Gasteiger partial charge in [0.15, 0.2) is 0 Å². The molecule has 0 bridgehead atoms. The molecule has 3 rings (SSSR count). The second kappa shape index (κ2) is 6.96. The van der Waals surface area contributed by atoms with Crippen LogP contribution in [0.3, 0.4) is 0 Å². The van der Waals surface area contributed by atoms with E-state index in [-0.39, 0.29) is 11.8 Å². The summed E-state index contributed by atoms with van der Waals surface area (Å²) < 4.78 is 0. The molecule has 2 amide bonds. The van der Waals surface area contributed by atoms with E-state index < -0.39 is 0 Å². The summed E-state index contributed by atoms with van der Waals surface area (Å²) in [4.78, 5) is 27.6. The lowest BCUT2D eigenvalue weighted by molar-refractivity contribution is -0.132. The molecule has 1 unspecified atom stereocenters. The molecule has 0 N–H and O–H groups in total. The van der Waals surface area contributed by atoms with E-state index in [0.717, 1.165) is 19.5 Å². The number of carbonyl (C=O) groups is 2. The molecule has 1 aromatic rings. The molecule has 1 aliphatic heterocycles. The first-order valence-electron chi connectivity index (χ1n) is 9.06. The van der Waals surface area contributed by atoms with Crippen LogP contribution < -0.4 is 0 Å². The van der Waals surface area contributed by atoms with Crippen LogP contribution >= 0.6 is 0 Å². The van der Waals surface area contributed by atoms with Crippen LogP contribution in [0.25, 0.3) is 0 Å². The van der Waals surface area contributed by atoms with Gasteiger partial charge in [-0.2, -0.15) is 0 Å². The summed E-state index contributed by atoms with van der Waals surface area (Å²) in [6, 6.07) is 10.7. The summed E-state index contributed by atoms with van der Waals surface area (Å²) >= 11 is 0. The normalized spacial score (nSPS) is 21.6. The Balaban J connectivity index is 1.60. The highest BCUT2D eigenvalue weighted by molar-refractivity contribution is 5.77. The minimum Gasteiger partial charge on any atom is -0.346 e. The largest absolute Gasteiger partial charge is 0.346 e. The van der Waals surface area contributed by atoms with E-state index >= 15 is 0 Å². The predicted octanol–water partition coefficient (Wildman–Crippen LogP) is 3.04. The van der Waals surface area contributed by atoms with Crippen LogP contribution in [0.5, 0.6) is 0 Å². The Hall–Kier alpha value is -1.84. The molecule has 1 spiro atoms. The molecule has 1 saturated heterocycles. The Morgan fingerprint density at radius 3 is 2.54 bits per heavy atom. The van der Waals surface area contributed by atoms with Crippen molar-refractivity contribution in [2.45, 2.75) is 44.9 Å². The van der Waals surface area contributed by atoms with E-state index in [4.69, 9.17) is 0 Å². The van der Waals surface area contributed by atoms with Gasteiger partial charge in [0.1, 0.15) is 0 Å². The summed E-state index contributed by atoms with van der Waals surface area (Å²) in [5, 5.41) is 0. The summed E-state index contributed by atoms with van der Waals surface area (Å²) in [6.45, 7) is 3.98. The topological polar surface area (TPSA) is 40.6 Å². The molecule has 1 aliphatic carbocycles. The standard InChI is InChI=1S/C20H28N2O2/c1-16(23)21(2)13-6-10-19(24)22-14-18(17-8-4-3-5-9-17)20(15-22)11-7-12-20/h3-5,8-9,18H,6-7,10-15H2,1-2H3. The zero-order chi connectivity index (χ0) is 17.2. The van der Waals surface area contributed by atoms with Gasteiger partial charge < -0.3 is 9.80 Å². The van der Waals surface area contributed by atoms with Crippen LogP contribution in [0.2, 0.25) is 0 Å². The summed E-state index contributed by atoms with van der Waals surface area (Å²) in [5.41, 5.74) is 1.69. The predicted molar refractivity (Wildman–Crippen MR) is 94.6 cm³/mol. The van der Waals surface area contributed by atoms with Crippen molar-refractivity contribution in [2.24, 2.45) is 5.41 Å². The maximum atomic E-state index is 12.6. The zero-order valence-corrected chi connectivity index (χ0v) is 14.8. The number of likely N-dealkylation sites (tertiary alicyclic amines) is 1. The Kier molecular flexibility index (Phi) is 4.93. The second-order valence-electron chi connectivity index (χ2n) is 7.50. The average molecular weight is 328 g/mol. The molecule has 1 aromatic carbocycles. The third-order valence-electron chi connectivity index (χ3n) is 5.97. The first kappa shape index (κ1) is 17.0. The highest BCUT2D eigenvalue weighted by atomic mass is 16.2. The quantitative estimate of drug-likeness (QED) is 0.833. The fourth-order valence-corrected chi connectivity index (χ4v) is 4.22. The van der Waals surface area contributed by atoms with E-state index in [0.29, 0.717) is 24.3 Å². The van der Waals surface area contributed by atoms with Gasteiger partial charge in [0, 0.05) is 45.9 Å². The molecular formula is C20H28N2O2. The molecule has 0 aromatic heterocycles. The summed E-state index contributed by atoms with van der Waals surface area (Å²) in [5.74, 6) is 0.786. The van der Waals surface area contributed by atoms with Gasteiger partial charge in [-0.05, 0) is 30.2 Å². The number of rotatable bonds is 5. The van der Waals surface area contributed by atoms with Crippen LogP contribution in [0.15, 0.2) is 30.3 Å². The van der Waals surface area contributed by atoms with Gasteiger partial charge in [-0.25, -0.2) is 0 Å². The SMILES string of the molecule is CC(=O)N(C)CCCC(=O)N1CC(c2ccccc2)C2(CCC2)C1. The molecule has 0 radical (unpaired) electrons. The van der Waals surface area contributed by atoms with Crippen LogP contribution in [0.4, 0.5) is 0 Å². The molecule has 4 heteroatoms. The van der Waals surface area contributed by atoms with Gasteiger partial charge >= 0.3 is 0 Å². The minimum absolute atomic E-state index is 0.0567. The molecule has 2 fully saturated rings. The van der Waals surface area contributed by atoms with E-state index in [1.165, 1.54) is 24.8 Å². The second-order valence-corrected chi connectivity index (χ2v) is 7.50. The monoisotopic (exact) mass is 328 g/mol. The van der Waals surface area contributed by atoms with Crippen molar-refractivity contribution in [3.8, 4) is 0 Å². The maximum absolute atomic E-state index is 12.6. The Morgan fingerprint density at radius 2 is 1.96 bits per heavy atom. The van der Waals surface area contributed by atoms with Crippen molar-refractivity contribution in [1.29, 1.82) is 0 Å². The van der Waals surface area contributed by atoms with Crippen LogP contribution in [0, 0.1) is 5.41 Å². The van der Waals surface area contributed by atoms with Crippen LogP contribution in [-0.4, -0.2) is 48.3 Å². The molecule has 4 nitrogen and oxygen atoms in total. The molecule has 1 atom stereocenters. The van der Waals surface area contributed by atoms with Crippen molar-refractivity contribution >= 4 is 11.8 Å². The van der Waals surface area contributed by atoms with Crippen molar-refractivity contribution in [1.82, 2.24) is 9.80 Å². The lowest BCUT2D eigenvalue weighted by Crippen LogP contribution is -2.37. The number of carbonyl (C=O) groups excluding carboxylic acids is 2. The van der Waals surface area contributed by atoms with Gasteiger partial charge in [-0.15, -0.1) is 0 Å². The molecule has 2 aliphatic rings. The molecular weight excluding hydrogens is 300 g/mol. The number of benzene rings is 1. The third-order valence-corrected chi connectivity index (χ3v) is 5.97. The van der Waals surface area contributed by atoms with E-state index in [9.17, 15) is 9.59 Å². The maximum Gasteiger partial charge on any atom is 0.222 e. The molecule has 24 heavy (non-hydrogen) atoms. The minimum atomic E-state index is 0.0567. The van der Waals surface area contributed by atoms with E-state index in [1.807, 2.05) is 0 Å². The average Bonchev–Trinajstić information content (AvgIpc) is 2.96. The van der Waals surface area contributed by atoms with Gasteiger partial charge in [0.05, 0.1) is 0 Å². The zero-order valence-electron chi connectivity index (χ0n) is 14.8. The van der Waals surface area contributed by atoms with Gasteiger partial charge in [0.25, 0.3) is 0 Å². The van der Waals surface area contributed by atoms with E-state index in [1.54, 1.807) is 18.9 Å².